The zero-order valence-electron chi connectivity index (χ0n) is 14.9. The first-order valence-corrected chi connectivity index (χ1v) is 8.95. The third kappa shape index (κ3) is 4.31. The number of likely N-dealkylation sites (tertiary alicyclic amines) is 1. The fourth-order valence-electron chi connectivity index (χ4n) is 4.00. The van der Waals surface area contributed by atoms with Crippen molar-refractivity contribution in [3.8, 4) is 0 Å². The molecule has 2 unspecified atom stereocenters. The van der Waals surface area contributed by atoms with Crippen LogP contribution in [0.25, 0.3) is 0 Å². The van der Waals surface area contributed by atoms with Crippen molar-refractivity contribution in [1.82, 2.24) is 4.90 Å². The van der Waals surface area contributed by atoms with Crippen LogP contribution in [0.4, 0.5) is 0 Å². The molecule has 0 radical (unpaired) electrons. The second kappa shape index (κ2) is 8.04. The summed E-state index contributed by atoms with van der Waals surface area (Å²) in [5, 5.41) is 0. The molecule has 2 aliphatic heterocycles. The molecule has 0 aromatic heterocycles. The first kappa shape index (κ1) is 17.3. The molecule has 24 heavy (non-hydrogen) atoms. The van der Waals surface area contributed by atoms with E-state index in [0.717, 1.165) is 44.7 Å². The van der Waals surface area contributed by atoms with Gasteiger partial charge in [-0.25, -0.2) is 0 Å². The molecule has 3 rings (SSSR count). The average Bonchev–Trinajstić information content (AvgIpc) is 2.61. The van der Waals surface area contributed by atoms with Crippen LogP contribution in [0.3, 0.4) is 0 Å². The molecule has 2 heterocycles. The van der Waals surface area contributed by atoms with Gasteiger partial charge >= 0.3 is 0 Å². The van der Waals surface area contributed by atoms with E-state index in [-0.39, 0.29) is 11.5 Å². The fourth-order valence-corrected chi connectivity index (χ4v) is 4.00. The van der Waals surface area contributed by atoms with E-state index >= 15 is 0 Å². The normalized spacial score (nSPS) is 28.6. The Morgan fingerprint density at radius 1 is 1.38 bits per heavy atom. The van der Waals surface area contributed by atoms with E-state index in [1.165, 1.54) is 18.4 Å². The maximum atomic E-state index is 5.80. The van der Waals surface area contributed by atoms with Crippen molar-refractivity contribution in [2.75, 3.05) is 26.8 Å². The van der Waals surface area contributed by atoms with Gasteiger partial charge in [0, 0.05) is 19.1 Å². The quantitative estimate of drug-likeness (QED) is 0.732. The van der Waals surface area contributed by atoms with Crippen molar-refractivity contribution in [2.45, 2.75) is 45.1 Å². The molecule has 2 atom stereocenters. The lowest BCUT2D eigenvalue weighted by Crippen LogP contribution is -2.49. The summed E-state index contributed by atoms with van der Waals surface area (Å²) in [6.07, 6.45) is 17.3. The molecule has 0 N–H and O–H groups in total. The Morgan fingerprint density at radius 2 is 2.29 bits per heavy atom. The molecule has 1 saturated heterocycles. The Balaban J connectivity index is 1.76. The Kier molecular flexibility index (Phi) is 5.80. The Bertz CT molecular complexity index is 545. The van der Waals surface area contributed by atoms with Crippen LogP contribution >= 0.6 is 0 Å². The lowest BCUT2D eigenvalue weighted by molar-refractivity contribution is 0.00467. The van der Waals surface area contributed by atoms with Crippen LogP contribution in [0.5, 0.6) is 0 Å². The number of methoxy groups -OCH3 is 1. The van der Waals surface area contributed by atoms with Gasteiger partial charge in [0.05, 0.1) is 12.6 Å². The van der Waals surface area contributed by atoms with Crippen LogP contribution in [-0.2, 0) is 14.2 Å². The summed E-state index contributed by atoms with van der Waals surface area (Å²) in [7, 11) is 1.80. The fraction of sp³-hybridized carbons (Fsp3) is 0.600. The summed E-state index contributed by atoms with van der Waals surface area (Å²) < 4.78 is 16.7. The lowest BCUT2D eigenvalue weighted by atomic mass is 9.81. The highest BCUT2D eigenvalue weighted by molar-refractivity contribution is 5.21. The van der Waals surface area contributed by atoms with Gasteiger partial charge in [0.1, 0.15) is 18.8 Å². The Labute approximate surface area is 145 Å². The molecule has 0 aromatic carbocycles. The summed E-state index contributed by atoms with van der Waals surface area (Å²) >= 11 is 0. The van der Waals surface area contributed by atoms with Crippen LogP contribution in [0, 0.1) is 5.41 Å². The van der Waals surface area contributed by atoms with Crippen molar-refractivity contribution in [1.29, 1.82) is 0 Å². The maximum absolute atomic E-state index is 5.80. The van der Waals surface area contributed by atoms with Gasteiger partial charge < -0.3 is 14.2 Å². The molecule has 3 aliphatic rings. The summed E-state index contributed by atoms with van der Waals surface area (Å²) in [4.78, 5) is 2.55. The highest BCUT2D eigenvalue weighted by Gasteiger charge is 2.36. The van der Waals surface area contributed by atoms with Crippen LogP contribution < -0.4 is 0 Å². The van der Waals surface area contributed by atoms with Crippen molar-refractivity contribution >= 4 is 0 Å². The summed E-state index contributed by atoms with van der Waals surface area (Å²) in [5.74, 6) is 0.912. The first-order valence-electron chi connectivity index (χ1n) is 8.95. The summed E-state index contributed by atoms with van der Waals surface area (Å²) in [5.41, 5.74) is 1.69. The summed E-state index contributed by atoms with van der Waals surface area (Å²) in [6.45, 7) is 5.25. The topological polar surface area (TPSA) is 30.9 Å². The van der Waals surface area contributed by atoms with Crippen molar-refractivity contribution in [2.24, 2.45) is 5.41 Å². The van der Waals surface area contributed by atoms with Gasteiger partial charge in [-0.1, -0.05) is 30.7 Å². The molecule has 0 aromatic rings. The number of ether oxygens (including phenoxy) is 3. The number of piperidine rings is 1. The van der Waals surface area contributed by atoms with E-state index in [9.17, 15) is 0 Å². The Morgan fingerprint density at radius 3 is 3.00 bits per heavy atom. The standard InChI is InChI=1S/C20H29NO3/c1-20(16-22-2)9-6-10-21(15-20)18(19-14-23-11-12-24-19)13-17-7-4-3-5-8-17/h3-4,7,11-12,14,18H,5-6,8-10,13,15-16H2,1-2H3. The van der Waals surface area contributed by atoms with Crippen molar-refractivity contribution < 1.29 is 14.2 Å². The van der Waals surface area contributed by atoms with Crippen molar-refractivity contribution in [3.05, 3.63) is 48.3 Å². The predicted octanol–water partition coefficient (Wildman–Crippen LogP) is 4.13. The molecular weight excluding hydrogens is 302 g/mol. The molecule has 0 saturated carbocycles. The zero-order valence-corrected chi connectivity index (χ0v) is 14.9. The third-order valence-electron chi connectivity index (χ3n) is 5.15. The molecular formula is C20H29NO3. The van der Waals surface area contributed by atoms with Gasteiger partial charge in [0.15, 0.2) is 5.76 Å². The molecule has 0 spiro atoms. The van der Waals surface area contributed by atoms with Gasteiger partial charge in [-0.15, -0.1) is 0 Å². The second-order valence-electron chi connectivity index (χ2n) is 7.38. The number of rotatable bonds is 6. The minimum absolute atomic E-state index is 0.206. The van der Waals surface area contributed by atoms with Crippen LogP contribution in [0.15, 0.2) is 48.3 Å². The molecule has 132 valence electrons. The van der Waals surface area contributed by atoms with Crippen LogP contribution in [-0.4, -0.2) is 37.7 Å². The SMILES string of the molecule is COCC1(C)CCCN(C(CC2=CC=CCC2)C2=COC=CO2)C1. The maximum Gasteiger partial charge on any atom is 0.156 e. The van der Waals surface area contributed by atoms with E-state index in [0.29, 0.717) is 0 Å². The van der Waals surface area contributed by atoms with Gasteiger partial charge in [-0.3, -0.25) is 4.90 Å². The van der Waals surface area contributed by atoms with E-state index in [1.54, 1.807) is 25.9 Å². The number of hydrogen-bond donors (Lipinski definition) is 0. The molecule has 1 fully saturated rings. The first-order chi connectivity index (χ1) is 11.7. The molecule has 0 bridgehead atoms. The van der Waals surface area contributed by atoms with Crippen LogP contribution in [0.2, 0.25) is 0 Å². The number of nitrogens with zero attached hydrogens (tertiary/aromatic N) is 1. The van der Waals surface area contributed by atoms with E-state index in [4.69, 9.17) is 14.2 Å². The highest BCUT2D eigenvalue weighted by Crippen LogP contribution is 2.34. The molecule has 4 heteroatoms. The molecule has 1 aliphatic carbocycles. The number of allylic oxidation sites excluding steroid dienone is 3. The molecule has 0 amide bonds. The lowest BCUT2D eigenvalue weighted by Gasteiger charge is -2.44. The van der Waals surface area contributed by atoms with E-state index < -0.39 is 0 Å². The average molecular weight is 331 g/mol. The molecule has 4 nitrogen and oxygen atoms in total. The predicted molar refractivity (Wildman–Crippen MR) is 95.0 cm³/mol. The van der Waals surface area contributed by atoms with E-state index in [1.807, 2.05) is 0 Å². The minimum atomic E-state index is 0.206. The monoisotopic (exact) mass is 331 g/mol. The smallest absolute Gasteiger partial charge is 0.156 e. The Hall–Kier alpha value is -1.52. The third-order valence-corrected chi connectivity index (χ3v) is 5.15. The number of hydrogen-bond acceptors (Lipinski definition) is 4. The summed E-state index contributed by atoms with van der Waals surface area (Å²) in [6, 6.07) is 0.226. The minimum Gasteiger partial charge on any atom is -0.466 e. The van der Waals surface area contributed by atoms with Crippen LogP contribution in [0.1, 0.15) is 39.0 Å². The van der Waals surface area contributed by atoms with Crippen molar-refractivity contribution in [3.63, 3.8) is 0 Å². The van der Waals surface area contributed by atoms with Gasteiger partial charge in [-0.2, -0.15) is 0 Å². The zero-order chi connectivity index (χ0) is 16.8. The van der Waals surface area contributed by atoms with Gasteiger partial charge in [0.2, 0.25) is 0 Å². The highest BCUT2D eigenvalue weighted by atomic mass is 16.5. The largest absolute Gasteiger partial charge is 0.466 e. The van der Waals surface area contributed by atoms with Gasteiger partial charge in [0.25, 0.3) is 0 Å². The second-order valence-corrected chi connectivity index (χ2v) is 7.38. The van der Waals surface area contributed by atoms with Gasteiger partial charge in [-0.05, 0) is 38.6 Å². The van der Waals surface area contributed by atoms with E-state index in [2.05, 4.69) is 30.1 Å².